The summed E-state index contributed by atoms with van der Waals surface area (Å²) < 4.78 is 35.6. The maximum absolute atomic E-state index is 8.63. The second kappa shape index (κ2) is 5.43. The van der Waals surface area contributed by atoms with Gasteiger partial charge < -0.3 is 0 Å². The Hall–Kier alpha value is -2.42. The number of hydrogen-bond acceptors (Lipinski definition) is 2. The van der Waals surface area contributed by atoms with Crippen molar-refractivity contribution in [3.05, 3.63) is 53.3 Å². The van der Waals surface area contributed by atoms with Gasteiger partial charge in [0.05, 0.1) is 22.0 Å². The highest BCUT2D eigenvalue weighted by Crippen LogP contribution is 2.61. The van der Waals surface area contributed by atoms with E-state index in [-0.39, 0.29) is 51.3 Å². The highest BCUT2D eigenvalue weighted by atomic mass is 15.1. The van der Waals surface area contributed by atoms with E-state index in [0.29, 0.717) is 11.0 Å². The molecular formula is C27H33N3. The van der Waals surface area contributed by atoms with Crippen LogP contribution in [0.2, 0.25) is 0 Å². The van der Waals surface area contributed by atoms with Gasteiger partial charge in [0.15, 0.2) is 0 Å². The number of aromatic nitrogens is 3. The predicted molar refractivity (Wildman–Crippen MR) is 127 cm³/mol. The van der Waals surface area contributed by atoms with E-state index >= 15 is 0 Å². The van der Waals surface area contributed by atoms with Crippen LogP contribution in [0.1, 0.15) is 84.7 Å². The summed E-state index contributed by atoms with van der Waals surface area (Å²) in [6.45, 7) is 20.1. The zero-order chi connectivity index (χ0) is 25.3. The van der Waals surface area contributed by atoms with Crippen LogP contribution >= 0.6 is 0 Å². The number of benzene rings is 2. The summed E-state index contributed by atoms with van der Waals surface area (Å²) in [4.78, 5) is 9.86. The average Bonchev–Trinajstić information content (AvgIpc) is 3.15. The van der Waals surface area contributed by atoms with Crippen LogP contribution in [0.3, 0.4) is 0 Å². The summed E-state index contributed by atoms with van der Waals surface area (Å²) in [5.41, 5.74) is 4.67. The van der Waals surface area contributed by atoms with Gasteiger partial charge in [0, 0.05) is 10.8 Å². The molecule has 30 heavy (non-hydrogen) atoms. The molecule has 5 rings (SSSR count). The van der Waals surface area contributed by atoms with E-state index in [1.807, 2.05) is 4.40 Å². The molecule has 1 aliphatic carbocycles. The Morgan fingerprint density at radius 1 is 0.833 bits per heavy atom. The highest BCUT2D eigenvalue weighted by molar-refractivity contribution is 5.97. The van der Waals surface area contributed by atoms with Crippen molar-refractivity contribution < 1.29 is 5.48 Å². The minimum Gasteiger partial charge on any atom is -0.279 e. The van der Waals surface area contributed by atoms with E-state index in [2.05, 4.69) is 74.4 Å². The maximum Gasteiger partial charge on any atom is 0.148 e. The van der Waals surface area contributed by atoms with Crippen molar-refractivity contribution in [2.75, 3.05) is 0 Å². The Bertz CT molecular complexity index is 1550. The Labute approximate surface area is 185 Å². The number of imidazole rings is 1. The Morgan fingerprint density at radius 3 is 2.07 bits per heavy atom. The number of fused-ring (bicyclic) bond motifs is 6. The number of rotatable bonds is 0. The van der Waals surface area contributed by atoms with Crippen LogP contribution < -0.4 is 0 Å². The molecule has 0 bridgehead atoms. The van der Waals surface area contributed by atoms with Gasteiger partial charge >= 0.3 is 0 Å². The van der Waals surface area contributed by atoms with Gasteiger partial charge in [-0.2, -0.15) is 0 Å². The van der Waals surface area contributed by atoms with Gasteiger partial charge in [0.25, 0.3) is 0 Å². The lowest BCUT2D eigenvalue weighted by molar-refractivity contribution is 0.125. The molecule has 4 aromatic rings. The molecule has 2 aromatic carbocycles. The minimum atomic E-state index is -0.371. The lowest BCUT2D eigenvalue weighted by atomic mass is 9.59. The van der Waals surface area contributed by atoms with Crippen molar-refractivity contribution >= 4 is 27.6 Å². The van der Waals surface area contributed by atoms with E-state index in [1.54, 1.807) is 0 Å². The largest absolute Gasteiger partial charge is 0.279 e. The first-order valence-electron chi connectivity index (χ1n) is 12.7. The zero-order valence-corrected chi connectivity index (χ0v) is 19.5. The summed E-state index contributed by atoms with van der Waals surface area (Å²) in [5.74, 6) is 0.733. The van der Waals surface area contributed by atoms with Gasteiger partial charge in [0.2, 0.25) is 0 Å². The molecule has 0 radical (unpaired) electrons. The average molecular weight is 404 g/mol. The smallest absolute Gasteiger partial charge is 0.148 e. The third-order valence-electron chi connectivity index (χ3n) is 8.26. The molecule has 0 saturated carbocycles. The predicted octanol–water partition coefficient (Wildman–Crippen LogP) is 6.93. The molecule has 0 atom stereocenters. The number of nitrogens with zero attached hydrogens (tertiary/aromatic N) is 3. The van der Waals surface area contributed by atoms with E-state index in [0.717, 1.165) is 16.9 Å². The van der Waals surface area contributed by atoms with Crippen molar-refractivity contribution in [2.24, 2.45) is 5.41 Å². The molecule has 0 aliphatic heterocycles. The van der Waals surface area contributed by atoms with Crippen LogP contribution in [0, 0.1) is 5.41 Å². The van der Waals surface area contributed by atoms with Crippen LogP contribution in [0.25, 0.3) is 27.6 Å². The Balaban J connectivity index is 2.05. The summed E-state index contributed by atoms with van der Waals surface area (Å²) in [5, 5.41) is 0.370. The van der Waals surface area contributed by atoms with Gasteiger partial charge in [0.1, 0.15) is 11.5 Å². The molecule has 3 nitrogen and oxygen atoms in total. The molecule has 0 spiro atoms. The third kappa shape index (κ3) is 2.16. The van der Waals surface area contributed by atoms with Crippen molar-refractivity contribution in [1.29, 1.82) is 0 Å². The molecular weight excluding hydrogens is 366 g/mol. The second-order valence-corrected chi connectivity index (χ2v) is 11.4. The normalized spacial score (nSPS) is 21.5. The summed E-state index contributed by atoms with van der Waals surface area (Å²) in [7, 11) is 0. The van der Waals surface area contributed by atoms with E-state index in [1.165, 1.54) is 11.1 Å². The van der Waals surface area contributed by atoms with Crippen LogP contribution in [0.4, 0.5) is 0 Å². The fourth-order valence-electron chi connectivity index (χ4n) is 5.21. The van der Waals surface area contributed by atoms with E-state index < -0.39 is 0 Å². The van der Waals surface area contributed by atoms with Crippen molar-refractivity contribution in [3.63, 3.8) is 0 Å². The lowest BCUT2D eigenvalue weighted by Crippen LogP contribution is -2.42. The maximum atomic E-state index is 8.63. The van der Waals surface area contributed by atoms with Crippen LogP contribution in [-0.2, 0) is 16.2 Å². The lowest BCUT2D eigenvalue weighted by Gasteiger charge is -2.44. The highest BCUT2D eigenvalue weighted by Gasteiger charge is 2.57. The molecule has 156 valence electrons. The number of hydrogen-bond donors (Lipinski definition) is 0. The van der Waals surface area contributed by atoms with Crippen molar-refractivity contribution in [2.45, 2.75) is 78.6 Å². The van der Waals surface area contributed by atoms with Gasteiger partial charge in [-0.15, -0.1) is 0 Å². The topological polar surface area (TPSA) is 30.2 Å². The van der Waals surface area contributed by atoms with Gasteiger partial charge in [-0.1, -0.05) is 74.4 Å². The van der Waals surface area contributed by atoms with Gasteiger partial charge in [-0.05, 0) is 51.6 Å². The first-order chi connectivity index (χ1) is 15.4. The SMILES string of the molecule is [2H]c1c([2H])c([2H])c2c(nc(C(C)(C)C)n3c4cc5c(cc4nc23)C(C)(C)C(C)(C)C5(C)C)c1[2H]. The molecule has 2 aromatic heterocycles. The number of para-hydroxylation sites is 1. The van der Waals surface area contributed by atoms with Crippen LogP contribution in [-0.4, -0.2) is 14.4 Å². The van der Waals surface area contributed by atoms with Crippen molar-refractivity contribution in [1.82, 2.24) is 14.4 Å². The summed E-state index contributed by atoms with van der Waals surface area (Å²) >= 11 is 0. The second-order valence-electron chi connectivity index (χ2n) is 11.4. The first-order valence-corrected chi connectivity index (χ1v) is 10.7. The van der Waals surface area contributed by atoms with E-state index in [4.69, 9.17) is 15.5 Å². The quantitative estimate of drug-likeness (QED) is 0.319. The molecule has 0 amide bonds. The monoisotopic (exact) mass is 403 g/mol. The van der Waals surface area contributed by atoms with E-state index in [9.17, 15) is 0 Å². The van der Waals surface area contributed by atoms with Gasteiger partial charge in [-0.3, -0.25) is 4.40 Å². The molecule has 1 aliphatic rings. The summed E-state index contributed by atoms with van der Waals surface area (Å²) in [6, 6.07) is 3.69. The fourth-order valence-corrected chi connectivity index (χ4v) is 5.21. The zero-order valence-electron chi connectivity index (χ0n) is 23.5. The molecule has 0 fully saturated rings. The molecule has 2 heterocycles. The third-order valence-corrected chi connectivity index (χ3v) is 8.26. The Morgan fingerprint density at radius 2 is 1.43 bits per heavy atom. The Kier molecular flexibility index (Phi) is 2.79. The molecule has 0 saturated heterocycles. The molecule has 3 heteroatoms. The van der Waals surface area contributed by atoms with Gasteiger partial charge in [-0.25, -0.2) is 9.97 Å². The summed E-state index contributed by atoms with van der Waals surface area (Å²) in [6.07, 6.45) is 0. The van der Waals surface area contributed by atoms with Crippen molar-refractivity contribution in [3.8, 4) is 0 Å². The standard InChI is InChI=1S/C27H33N3/c1-24(2,3)23-29-19-13-11-10-12-16(19)22-28-20-14-17-18(15-21(20)30(22)23)26(6,7)27(8,9)25(17,4)5/h10-15H,1-9H3/i10D,11D,12D,13D. The molecule has 0 N–H and O–H groups in total. The minimum absolute atomic E-state index is 0.0263. The first kappa shape index (κ1) is 15.4. The fraction of sp³-hybridized carbons (Fsp3) is 0.481. The molecule has 0 unspecified atom stereocenters. The van der Waals surface area contributed by atoms with Crippen LogP contribution in [0.15, 0.2) is 36.3 Å². The van der Waals surface area contributed by atoms with Crippen LogP contribution in [0.5, 0.6) is 0 Å².